The molecule has 1 unspecified atom stereocenters. The molecule has 0 radical (unpaired) electrons. The first-order valence-electron chi connectivity index (χ1n) is 3.65. The van der Waals surface area contributed by atoms with Gasteiger partial charge in [-0.3, -0.25) is 0 Å². The van der Waals surface area contributed by atoms with Crippen LogP contribution in [0.25, 0.3) is 0 Å². The fourth-order valence-corrected chi connectivity index (χ4v) is 1.06. The third kappa shape index (κ3) is 1.61. The van der Waals surface area contributed by atoms with Crippen LogP contribution in [0.2, 0.25) is 0 Å². The molecule has 10 heavy (non-hydrogen) atoms. The fourth-order valence-electron chi connectivity index (χ4n) is 1.06. The lowest BCUT2D eigenvalue weighted by atomic mass is 10.2. The molecule has 2 N–H and O–H groups in total. The lowest BCUT2D eigenvalue weighted by Crippen LogP contribution is -2.32. The maximum absolute atomic E-state index is 5.42. The summed E-state index contributed by atoms with van der Waals surface area (Å²) in [4.78, 5) is 2.22. The van der Waals surface area contributed by atoms with Crippen molar-refractivity contribution in [1.29, 1.82) is 0 Å². The van der Waals surface area contributed by atoms with E-state index in [1.807, 2.05) is 6.08 Å². The van der Waals surface area contributed by atoms with Crippen LogP contribution in [0, 0.1) is 0 Å². The maximum Gasteiger partial charge on any atom is 0.0442 e. The highest BCUT2D eigenvalue weighted by Crippen LogP contribution is 2.05. The predicted molar refractivity (Wildman–Crippen MR) is 43.5 cm³/mol. The highest BCUT2D eigenvalue weighted by molar-refractivity contribution is 5.12. The van der Waals surface area contributed by atoms with E-state index in [0.717, 1.165) is 13.1 Å². The van der Waals surface area contributed by atoms with E-state index >= 15 is 0 Å². The monoisotopic (exact) mass is 138 g/mol. The number of nitrogens with two attached hydrogens (primary N) is 1. The lowest BCUT2D eigenvalue weighted by Gasteiger charge is -2.26. The van der Waals surface area contributed by atoms with Crippen LogP contribution in [-0.2, 0) is 0 Å². The Kier molecular flexibility index (Phi) is 2.51. The summed E-state index contributed by atoms with van der Waals surface area (Å²) < 4.78 is 0. The van der Waals surface area contributed by atoms with E-state index in [9.17, 15) is 0 Å². The highest BCUT2D eigenvalue weighted by Gasteiger charge is 2.06. The summed E-state index contributed by atoms with van der Waals surface area (Å²) in [5, 5.41) is 0. The van der Waals surface area contributed by atoms with E-state index in [-0.39, 0.29) is 0 Å². The summed E-state index contributed by atoms with van der Waals surface area (Å²) in [7, 11) is 0. The van der Waals surface area contributed by atoms with E-state index in [2.05, 4.69) is 30.2 Å². The minimum Gasteiger partial charge on any atom is -0.370 e. The molecule has 0 saturated heterocycles. The topological polar surface area (TPSA) is 29.3 Å². The largest absolute Gasteiger partial charge is 0.370 e. The van der Waals surface area contributed by atoms with Gasteiger partial charge in [0, 0.05) is 19.1 Å². The van der Waals surface area contributed by atoms with Crippen LogP contribution >= 0.6 is 0 Å². The molecule has 0 aromatic heterocycles. The van der Waals surface area contributed by atoms with Gasteiger partial charge in [0.25, 0.3) is 0 Å². The number of hydrogen-bond donors (Lipinski definition) is 1. The first-order chi connectivity index (χ1) is 4.84. The molecule has 1 heterocycles. The second kappa shape index (κ2) is 3.42. The maximum atomic E-state index is 5.42. The number of rotatable bonds is 2. The zero-order valence-corrected chi connectivity index (χ0v) is 6.33. The lowest BCUT2D eigenvalue weighted by molar-refractivity contribution is 0.341. The zero-order valence-electron chi connectivity index (χ0n) is 6.33. The molecule has 0 fully saturated rings. The van der Waals surface area contributed by atoms with E-state index in [4.69, 9.17) is 5.73 Å². The van der Waals surface area contributed by atoms with Crippen molar-refractivity contribution in [3.63, 3.8) is 0 Å². The van der Waals surface area contributed by atoms with E-state index in [0.29, 0.717) is 6.04 Å². The Balaban J connectivity index is 2.44. The van der Waals surface area contributed by atoms with E-state index in [1.54, 1.807) is 0 Å². The molecule has 0 bridgehead atoms. The number of nitrogens with zero attached hydrogens (tertiary/aromatic N) is 1. The van der Waals surface area contributed by atoms with Crippen LogP contribution in [0.15, 0.2) is 24.4 Å². The van der Waals surface area contributed by atoms with Gasteiger partial charge in [0.05, 0.1) is 0 Å². The van der Waals surface area contributed by atoms with E-state index in [1.165, 1.54) is 0 Å². The van der Waals surface area contributed by atoms with Crippen LogP contribution in [0.3, 0.4) is 0 Å². The summed E-state index contributed by atoms with van der Waals surface area (Å²) in [5.74, 6) is 0. The standard InChI is InChI=1S/C8H14N2/c1-8-4-2-3-6-10(8)7-5-9/h2-4,6,8H,5,7,9H2,1H3. The van der Waals surface area contributed by atoms with Gasteiger partial charge in [-0.2, -0.15) is 0 Å². The molecule has 0 amide bonds. The number of allylic oxidation sites excluding steroid dienone is 2. The molecule has 0 aliphatic carbocycles. The molecule has 1 aliphatic rings. The van der Waals surface area contributed by atoms with Crippen LogP contribution in [0.4, 0.5) is 0 Å². The van der Waals surface area contributed by atoms with Crippen LogP contribution in [0.1, 0.15) is 6.92 Å². The summed E-state index contributed by atoms with van der Waals surface area (Å²) in [6.45, 7) is 3.83. The van der Waals surface area contributed by atoms with Crippen molar-refractivity contribution in [3.05, 3.63) is 24.4 Å². The molecule has 2 heteroatoms. The van der Waals surface area contributed by atoms with Gasteiger partial charge in [0.1, 0.15) is 0 Å². The molecule has 1 atom stereocenters. The molecule has 1 rings (SSSR count). The van der Waals surface area contributed by atoms with Crippen molar-refractivity contribution in [3.8, 4) is 0 Å². The molecule has 0 aromatic carbocycles. The van der Waals surface area contributed by atoms with Gasteiger partial charge in [-0.1, -0.05) is 12.2 Å². The average Bonchev–Trinajstić information content (AvgIpc) is 1.94. The smallest absolute Gasteiger partial charge is 0.0442 e. The second-order valence-corrected chi connectivity index (χ2v) is 2.49. The Morgan fingerprint density at radius 1 is 1.50 bits per heavy atom. The SMILES string of the molecule is CC1C=CC=CN1CCN. The Hall–Kier alpha value is -0.760. The molecular weight excluding hydrogens is 124 g/mol. The van der Waals surface area contributed by atoms with Gasteiger partial charge >= 0.3 is 0 Å². The Bertz CT molecular complexity index is 149. The third-order valence-electron chi connectivity index (χ3n) is 1.69. The first kappa shape index (κ1) is 7.35. The molecular formula is C8H14N2. The molecule has 0 saturated carbocycles. The third-order valence-corrected chi connectivity index (χ3v) is 1.69. The quantitative estimate of drug-likeness (QED) is 0.609. The second-order valence-electron chi connectivity index (χ2n) is 2.49. The van der Waals surface area contributed by atoms with Crippen molar-refractivity contribution >= 4 is 0 Å². The van der Waals surface area contributed by atoms with Crippen LogP contribution in [0.5, 0.6) is 0 Å². The summed E-state index contributed by atoms with van der Waals surface area (Å²) in [6, 6.07) is 0.508. The van der Waals surface area contributed by atoms with Crippen LogP contribution in [-0.4, -0.2) is 24.0 Å². The Labute approximate surface area is 62.0 Å². The molecule has 1 aliphatic heterocycles. The van der Waals surface area contributed by atoms with Crippen molar-refractivity contribution < 1.29 is 0 Å². The normalized spacial score (nSPS) is 23.8. The zero-order chi connectivity index (χ0) is 7.40. The molecule has 0 spiro atoms. The predicted octanol–water partition coefficient (Wildman–Crippen LogP) is 0.719. The highest BCUT2D eigenvalue weighted by atomic mass is 15.1. The average molecular weight is 138 g/mol. The minimum absolute atomic E-state index is 0.508. The summed E-state index contributed by atoms with van der Waals surface area (Å²) in [5.41, 5.74) is 5.42. The van der Waals surface area contributed by atoms with Crippen molar-refractivity contribution in [1.82, 2.24) is 4.90 Å². The Morgan fingerprint density at radius 2 is 2.30 bits per heavy atom. The molecule has 56 valence electrons. The Morgan fingerprint density at radius 3 is 2.90 bits per heavy atom. The van der Waals surface area contributed by atoms with Crippen molar-refractivity contribution in [2.45, 2.75) is 13.0 Å². The van der Waals surface area contributed by atoms with Crippen LogP contribution < -0.4 is 5.73 Å². The van der Waals surface area contributed by atoms with Crippen molar-refractivity contribution in [2.24, 2.45) is 5.73 Å². The molecule has 2 nitrogen and oxygen atoms in total. The van der Waals surface area contributed by atoms with Crippen molar-refractivity contribution in [2.75, 3.05) is 13.1 Å². The van der Waals surface area contributed by atoms with Gasteiger partial charge in [-0.25, -0.2) is 0 Å². The number of hydrogen-bond acceptors (Lipinski definition) is 2. The minimum atomic E-state index is 0.508. The van der Waals surface area contributed by atoms with Gasteiger partial charge in [-0.15, -0.1) is 0 Å². The van der Waals surface area contributed by atoms with Gasteiger partial charge in [0.2, 0.25) is 0 Å². The summed E-state index contributed by atoms with van der Waals surface area (Å²) in [6.07, 6.45) is 8.35. The fraction of sp³-hybridized carbons (Fsp3) is 0.500. The van der Waals surface area contributed by atoms with Gasteiger partial charge in [0.15, 0.2) is 0 Å². The van der Waals surface area contributed by atoms with Gasteiger partial charge in [-0.05, 0) is 19.2 Å². The summed E-state index contributed by atoms with van der Waals surface area (Å²) >= 11 is 0. The van der Waals surface area contributed by atoms with Gasteiger partial charge < -0.3 is 10.6 Å². The first-order valence-corrected chi connectivity index (χ1v) is 3.65. The van der Waals surface area contributed by atoms with E-state index < -0.39 is 0 Å². The molecule has 0 aromatic rings.